The summed E-state index contributed by atoms with van der Waals surface area (Å²) in [6, 6.07) is 8.12. The number of halogens is 1. The Labute approximate surface area is 107 Å². The number of rotatable bonds is 1. The number of hydrogen-bond acceptors (Lipinski definition) is 3. The van der Waals surface area contributed by atoms with Crippen LogP contribution in [0.1, 0.15) is 13.8 Å². The van der Waals surface area contributed by atoms with Crippen LogP contribution in [0.4, 0.5) is 5.69 Å². The third kappa shape index (κ3) is 3.12. The van der Waals surface area contributed by atoms with Crippen LogP contribution in [0.15, 0.2) is 24.3 Å². The fourth-order valence-corrected chi connectivity index (χ4v) is 2.34. The number of benzene rings is 1. The van der Waals surface area contributed by atoms with E-state index in [1.54, 1.807) is 0 Å². The SMILES string of the molecule is CC1CNCC(C)(O)CN1c1ccc(Cl)cc1. The van der Waals surface area contributed by atoms with E-state index in [-0.39, 0.29) is 0 Å². The Morgan fingerprint density at radius 3 is 2.71 bits per heavy atom. The molecule has 0 radical (unpaired) electrons. The molecule has 1 saturated heterocycles. The van der Waals surface area contributed by atoms with Crippen LogP contribution in [0.25, 0.3) is 0 Å². The molecule has 0 amide bonds. The zero-order valence-corrected chi connectivity index (χ0v) is 11.0. The first-order chi connectivity index (χ1) is 7.98. The molecule has 94 valence electrons. The first-order valence-corrected chi connectivity index (χ1v) is 6.31. The molecule has 1 aromatic rings. The van der Waals surface area contributed by atoms with Gasteiger partial charge in [0, 0.05) is 36.4 Å². The average Bonchev–Trinajstić information content (AvgIpc) is 2.39. The summed E-state index contributed by atoms with van der Waals surface area (Å²) in [6.07, 6.45) is 0. The molecule has 1 heterocycles. The molecule has 0 bridgehead atoms. The van der Waals surface area contributed by atoms with Crippen molar-refractivity contribution in [3.8, 4) is 0 Å². The van der Waals surface area contributed by atoms with Crippen molar-refractivity contribution in [2.45, 2.75) is 25.5 Å². The first kappa shape index (κ1) is 12.7. The second kappa shape index (κ2) is 4.84. The molecule has 2 unspecified atom stereocenters. The van der Waals surface area contributed by atoms with Gasteiger partial charge in [0.05, 0.1) is 5.60 Å². The molecule has 0 aromatic heterocycles. The standard InChI is InChI=1S/C13H19ClN2O/c1-10-7-15-8-13(2,17)9-16(10)12-5-3-11(14)4-6-12/h3-6,10,15,17H,7-9H2,1-2H3. The minimum atomic E-state index is -0.704. The molecule has 2 N–H and O–H groups in total. The number of nitrogens with zero attached hydrogens (tertiary/aromatic N) is 1. The summed E-state index contributed by atoms with van der Waals surface area (Å²) < 4.78 is 0. The lowest BCUT2D eigenvalue weighted by atomic mass is 10.1. The summed E-state index contributed by atoms with van der Waals surface area (Å²) in [4.78, 5) is 2.22. The summed E-state index contributed by atoms with van der Waals surface area (Å²) >= 11 is 5.90. The first-order valence-electron chi connectivity index (χ1n) is 5.93. The molecule has 4 heteroatoms. The second-order valence-corrected chi connectivity index (χ2v) is 5.52. The van der Waals surface area contributed by atoms with Crippen LogP contribution in [-0.2, 0) is 0 Å². The predicted octanol–water partition coefficient (Wildman–Crippen LogP) is 1.89. The second-order valence-electron chi connectivity index (χ2n) is 5.08. The Hall–Kier alpha value is -0.770. The molecule has 3 nitrogen and oxygen atoms in total. The van der Waals surface area contributed by atoms with Crippen molar-refractivity contribution in [3.63, 3.8) is 0 Å². The van der Waals surface area contributed by atoms with Crippen molar-refractivity contribution in [3.05, 3.63) is 29.3 Å². The molecule has 1 aromatic carbocycles. The highest BCUT2D eigenvalue weighted by molar-refractivity contribution is 6.30. The fraction of sp³-hybridized carbons (Fsp3) is 0.538. The van der Waals surface area contributed by atoms with Gasteiger partial charge in [0.15, 0.2) is 0 Å². The van der Waals surface area contributed by atoms with Crippen LogP contribution in [0.2, 0.25) is 5.02 Å². The van der Waals surface area contributed by atoms with E-state index >= 15 is 0 Å². The number of hydrogen-bond donors (Lipinski definition) is 2. The number of anilines is 1. The normalized spacial score (nSPS) is 30.1. The molecule has 0 aliphatic carbocycles. The average molecular weight is 255 g/mol. The lowest BCUT2D eigenvalue weighted by molar-refractivity contribution is 0.0726. The maximum atomic E-state index is 10.2. The van der Waals surface area contributed by atoms with Gasteiger partial charge in [0.25, 0.3) is 0 Å². The van der Waals surface area contributed by atoms with Crippen LogP contribution < -0.4 is 10.2 Å². The van der Waals surface area contributed by atoms with Gasteiger partial charge in [-0.2, -0.15) is 0 Å². The Bertz CT molecular complexity index is 378. The topological polar surface area (TPSA) is 35.5 Å². The smallest absolute Gasteiger partial charge is 0.0917 e. The Kier molecular flexibility index (Phi) is 3.61. The van der Waals surface area contributed by atoms with Crippen LogP contribution in [-0.4, -0.2) is 36.4 Å². The van der Waals surface area contributed by atoms with Gasteiger partial charge < -0.3 is 15.3 Å². The van der Waals surface area contributed by atoms with Crippen molar-refractivity contribution in [2.24, 2.45) is 0 Å². The molecule has 17 heavy (non-hydrogen) atoms. The van der Waals surface area contributed by atoms with Gasteiger partial charge in [0.1, 0.15) is 0 Å². The third-order valence-corrected chi connectivity index (χ3v) is 3.40. The zero-order valence-electron chi connectivity index (χ0n) is 10.3. The van der Waals surface area contributed by atoms with Crippen molar-refractivity contribution in [1.29, 1.82) is 0 Å². The molecule has 0 saturated carbocycles. The molecular weight excluding hydrogens is 236 g/mol. The summed E-state index contributed by atoms with van der Waals surface area (Å²) in [6.45, 7) is 6.15. The van der Waals surface area contributed by atoms with E-state index in [0.29, 0.717) is 19.1 Å². The third-order valence-electron chi connectivity index (χ3n) is 3.15. The van der Waals surface area contributed by atoms with Crippen molar-refractivity contribution < 1.29 is 5.11 Å². The lowest BCUT2D eigenvalue weighted by Gasteiger charge is -2.33. The van der Waals surface area contributed by atoms with Gasteiger partial charge in [-0.1, -0.05) is 11.6 Å². The van der Waals surface area contributed by atoms with E-state index in [2.05, 4.69) is 17.1 Å². The fourth-order valence-electron chi connectivity index (χ4n) is 2.22. The van der Waals surface area contributed by atoms with Gasteiger partial charge in [-0.3, -0.25) is 0 Å². The van der Waals surface area contributed by atoms with Gasteiger partial charge in [-0.25, -0.2) is 0 Å². The Morgan fingerprint density at radius 1 is 1.41 bits per heavy atom. The molecule has 2 atom stereocenters. The maximum absolute atomic E-state index is 10.2. The monoisotopic (exact) mass is 254 g/mol. The highest BCUT2D eigenvalue weighted by Crippen LogP contribution is 2.23. The summed E-state index contributed by atoms with van der Waals surface area (Å²) in [7, 11) is 0. The van der Waals surface area contributed by atoms with E-state index in [4.69, 9.17) is 11.6 Å². The highest BCUT2D eigenvalue weighted by Gasteiger charge is 2.29. The van der Waals surface area contributed by atoms with Gasteiger partial charge in [-0.05, 0) is 38.1 Å². The van der Waals surface area contributed by atoms with Gasteiger partial charge in [-0.15, -0.1) is 0 Å². The summed E-state index contributed by atoms with van der Waals surface area (Å²) in [5.74, 6) is 0. The minimum absolute atomic E-state index is 0.352. The highest BCUT2D eigenvalue weighted by atomic mass is 35.5. The predicted molar refractivity (Wildman–Crippen MR) is 71.8 cm³/mol. The molecular formula is C13H19ClN2O. The molecule has 1 aliphatic rings. The van der Waals surface area contributed by atoms with Gasteiger partial charge >= 0.3 is 0 Å². The van der Waals surface area contributed by atoms with Crippen molar-refractivity contribution >= 4 is 17.3 Å². The summed E-state index contributed by atoms with van der Waals surface area (Å²) in [5.41, 5.74) is 0.399. The van der Waals surface area contributed by atoms with E-state index in [9.17, 15) is 5.11 Å². The maximum Gasteiger partial charge on any atom is 0.0917 e. The number of β-amino-alcohol motifs (C(OH)–C–C–N with tert-alkyl or cyclic N) is 1. The molecule has 0 spiro atoms. The van der Waals surface area contributed by atoms with E-state index in [1.165, 1.54) is 0 Å². The quantitative estimate of drug-likeness (QED) is 0.804. The Balaban J connectivity index is 2.24. The van der Waals surface area contributed by atoms with Crippen LogP contribution in [0, 0.1) is 0 Å². The zero-order chi connectivity index (χ0) is 12.5. The molecule has 1 fully saturated rings. The van der Waals surface area contributed by atoms with E-state index in [0.717, 1.165) is 17.3 Å². The molecule has 2 rings (SSSR count). The number of nitrogens with one attached hydrogen (secondary N) is 1. The minimum Gasteiger partial charge on any atom is -0.387 e. The van der Waals surface area contributed by atoms with Crippen LogP contribution >= 0.6 is 11.6 Å². The van der Waals surface area contributed by atoms with E-state index in [1.807, 2.05) is 31.2 Å². The number of aliphatic hydroxyl groups is 1. The molecule has 1 aliphatic heterocycles. The van der Waals surface area contributed by atoms with Crippen molar-refractivity contribution in [2.75, 3.05) is 24.5 Å². The summed E-state index contributed by atoms with van der Waals surface area (Å²) in [5, 5.41) is 14.2. The van der Waals surface area contributed by atoms with Gasteiger partial charge in [0.2, 0.25) is 0 Å². The van der Waals surface area contributed by atoms with Crippen LogP contribution in [0.3, 0.4) is 0 Å². The largest absolute Gasteiger partial charge is 0.387 e. The van der Waals surface area contributed by atoms with Crippen molar-refractivity contribution in [1.82, 2.24) is 5.32 Å². The Morgan fingerprint density at radius 2 is 2.06 bits per heavy atom. The van der Waals surface area contributed by atoms with Crippen LogP contribution in [0.5, 0.6) is 0 Å². The van der Waals surface area contributed by atoms with E-state index < -0.39 is 5.60 Å². The lowest BCUT2D eigenvalue weighted by Crippen LogP contribution is -2.45.